The number of aryl methyl sites for hydroxylation is 1. The highest BCUT2D eigenvalue weighted by molar-refractivity contribution is 5.87. The van der Waals surface area contributed by atoms with Crippen molar-refractivity contribution < 1.29 is 13.2 Å². The number of hydrogen-bond acceptors (Lipinski definition) is 0. The van der Waals surface area contributed by atoms with Crippen LogP contribution in [0.15, 0.2) is 48.5 Å². The SMILES string of the molecule is C.Cc1ccc2cc(-c3cc(F)c(F)c(F)c3)ccc2c1. The van der Waals surface area contributed by atoms with E-state index in [2.05, 4.69) is 0 Å². The van der Waals surface area contributed by atoms with Gasteiger partial charge in [0, 0.05) is 0 Å². The summed E-state index contributed by atoms with van der Waals surface area (Å²) in [6.07, 6.45) is 0. The lowest BCUT2D eigenvalue weighted by atomic mass is 10.00. The van der Waals surface area contributed by atoms with E-state index in [9.17, 15) is 13.2 Å². The summed E-state index contributed by atoms with van der Waals surface area (Å²) < 4.78 is 39.5. The molecule has 3 aromatic carbocycles. The van der Waals surface area contributed by atoms with Crippen LogP contribution in [0.5, 0.6) is 0 Å². The van der Waals surface area contributed by atoms with Gasteiger partial charge in [-0.05, 0) is 47.0 Å². The molecule has 0 amide bonds. The second kappa shape index (κ2) is 5.60. The van der Waals surface area contributed by atoms with Crippen molar-refractivity contribution in [2.75, 3.05) is 0 Å². The molecule has 0 atom stereocenters. The molecule has 0 nitrogen and oxygen atoms in total. The van der Waals surface area contributed by atoms with Gasteiger partial charge in [-0.15, -0.1) is 0 Å². The van der Waals surface area contributed by atoms with Gasteiger partial charge in [-0.3, -0.25) is 0 Å². The molecule has 108 valence electrons. The van der Waals surface area contributed by atoms with Crippen molar-refractivity contribution in [3.8, 4) is 11.1 Å². The summed E-state index contributed by atoms with van der Waals surface area (Å²) in [7, 11) is 0. The molecule has 0 fully saturated rings. The molecule has 0 saturated carbocycles. The normalized spacial score (nSPS) is 10.5. The van der Waals surface area contributed by atoms with Crippen LogP contribution in [0.3, 0.4) is 0 Å². The minimum atomic E-state index is -1.44. The first-order valence-corrected chi connectivity index (χ1v) is 6.20. The minimum Gasteiger partial charge on any atom is -0.204 e. The zero-order valence-electron chi connectivity index (χ0n) is 10.8. The molecule has 3 aromatic rings. The van der Waals surface area contributed by atoms with Gasteiger partial charge >= 0.3 is 0 Å². The molecule has 0 saturated heterocycles. The van der Waals surface area contributed by atoms with E-state index in [0.29, 0.717) is 11.1 Å². The van der Waals surface area contributed by atoms with Crippen molar-refractivity contribution in [1.29, 1.82) is 0 Å². The zero-order valence-corrected chi connectivity index (χ0v) is 10.8. The van der Waals surface area contributed by atoms with E-state index < -0.39 is 17.5 Å². The van der Waals surface area contributed by atoms with Crippen molar-refractivity contribution in [1.82, 2.24) is 0 Å². The number of hydrogen-bond donors (Lipinski definition) is 0. The highest BCUT2D eigenvalue weighted by atomic mass is 19.2. The van der Waals surface area contributed by atoms with Crippen molar-refractivity contribution in [2.24, 2.45) is 0 Å². The fourth-order valence-electron chi connectivity index (χ4n) is 2.27. The van der Waals surface area contributed by atoms with Crippen LogP contribution in [-0.2, 0) is 0 Å². The predicted molar refractivity (Wildman–Crippen MR) is 80.7 cm³/mol. The maximum atomic E-state index is 13.3. The Morgan fingerprint density at radius 1 is 0.667 bits per heavy atom. The van der Waals surface area contributed by atoms with Gasteiger partial charge < -0.3 is 0 Å². The Kier molecular flexibility index (Phi) is 4.03. The minimum absolute atomic E-state index is 0. The van der Waals surface area contributed by atoms with Crippen LogP contribution in [0.25, 0.3) is 21.9 Å². The van der Waals surface area contributed by atoms with E-state index in [-0.39, 0.29) is 7.43 Å². The van der Waals surface area contributed by atoms with Crippen LogP contribution < -0.4 is 0 Å². The molecule has 3 heteroatoms. The molecule has 3 rings (SSSR count). The lowest BCUT2D eigenvalue weighted by molar-refractivity contribution is 0.448. The average Bonchev–Trinajstić information content (AvgIpc) is 2.43. The average molecular weight is 288 g/mol. The van der Waals surface area contributed by atoms with Gasteiger partial charge in [-0.25, -0.2) is 13.2 Å². The highest BCUT2D eigenvalue weighted by Crippen LogP contribution is 2.27. The van der Waals surface area contributed by atoms with E-state index in [0.717, 1.165) is 28.5 Å². The fraction of sp³-hybridized carbons (Fsp3) is 0.111. The Labute approximate surface area is 121 Å². The standard InChI is InChI=1S/C17H11F3.CH4/c1-10-2-3-12-7-13(5-4-11(12)6-10)14-8-15(18)17(20)16(19)9-14;/h2-9H,1H3;1H4. The molecule has 0 aliphatic carbocycles. The van der Waals surface area contributed by atoms with Crippen molar-refractivity contribution in [3.63, 3.8) is 0 Å². The smallest absolute Gasteiger partial charge is 0.194 e. The van der Waals surface area contributed by atoms with Crippen LogP contribution >= 0.6 is 0 Å². The Morgan fingerprint density at radius 3 is 1.90 bits per heavy atom. The fourth-order valence-corrected chi connectivity index (χ4v) is 2.27. The molecule has 0 unspecified atom stereocenters. The molecule has 0 aliphatic rings. The van der Waals surface area contributed by atoms with E-state index in [1.165, 1.54) is 0 Å². The summed E-state index contributed by atoms with van der Waals surface area (Å²) in [5.74, 6) is -3.79. The van der Waals surface area contributed by atoms with E-state index >= 15 is 0 Å². The second-order valence-electron chi connectivity index (χ2n) is 4.82. The van der Waals surface area contributed by atoms with Gasteiger partial charge in [-0.2, -0.15) is 0 Å². The van der Waals surface area contributed by atoms with Gasteiger partial charge in [0.15, 0.2) is 17.5 Å². The summed E-state index contributed by atoms with van der Waals surface area (Å²) >= 11 is 0. The van der Waals surface area contributed by atoms with Crippen molar-refractivity contribution >= 4 is 10.8 Å². The molecular weight excluding hydrogens is 273 g/mol. The molecule has 0 spiro atoms. The third-order valence-electron chi connectivity index (χ3n) is 3.31. The monoisotopic (exact) mass is 288 g/mol. The van der Waals surface area contributed by atoms with E-state index in [1.807, 2.05) is 37.3 Å². The van der Waals surface area contributed by atoms with Gasteiger partial charge in [0.2, 0.25) is 0 Å². The molecule has 0 bridgehead atoms. The molecule has 0 N–H and O–H groups in total. The van der Waals surface area contributed by atoms with Crippen LogP contribution in [0.2, 0.25) is 0 Å². The van der Waals surface area contributed by atoms with Crippen LogP contribution in [0.4, 0.5) is 13.2 Å². The van der Waals surface area contributed by atoms with Gasteiger partial charge in [0.05, 0.1) is 0 Å². The maximum Gasteiger partial charge on any atom is 0.194 e. The molecular formula is C18H15F3. The van der Waals surface area contributed by atoms with Crippen LogP contribution in [0, 0.1) is 24.4 Å². The molecule has 0 aromatic heterocycles. The Balaban J connectivity index is 0.00000161. The lowest BCUT2D eigenvalue weighted by Gasteiger charge is -2.06. The van der Waals surface area contributed by atoms with Crippen LogP contribution in [0.1, 0.15) is 13.0 Å². The van der Waals surface area contributed by atoms with Gasteiger partial charge in [0.1, 0.15) is 0 Å². The Bertz CT molecular complexity index is 784. The molecule has 0 heterocycles. The molecule has 0 radical (unpaired) electrons. The zero-order chi connectivity index (χ0) is 14.3. The third-order valence-corrected chi connectivity index (χ3v) is 3.31. The molecule has 21 heavy (non-hydrogen) atoms. The van der Waals surface area contributed by atoms with Gasteiger partial charge in [0.25, 0.3) is 0 Å². The number of halogens is 3. The summed E-state index contributed by atoms with van der Waals surface area (Å²) in [5.41, 5.74) is 2.12. The first-order chi connectivity index (χ1) is 9.54. The quantitative estimate of drug-likeness (QED) is 0.491. The van der Waals surface area contributed by atoms with Gasteiger partial charge in [-0.1, -0.05) is 43.3 Å². The number of benzene rings is 3. The highest BCUT2D eigenvalue weighted by Gasteiger charge is 2.11. The van der Waals surface area contributed by atoms with E-state index in [1.54, 1.807) is 6.07 Å². The Hall–Kier alpha value is -2.29. The predicted octanol–water partition coefficient (Wildman–Crippen LogP) is 5.87. The van der Waals surface area contributed by atoms with E-state index in [4.69, 9.17) is 0 Å². The first kappa shape index (κ1) is 15.1. The maximum absolute atomic E-state index is 13.3. The number of fused-ring (bicyclic) bond motifs is 1. The second-order valence-corrected chi connectivity index (χ2v) is 4.82. The third kappa shape index (κ3) is 2.77. The number of rotatable bonds is 1. The summed E-state index contributed by atoms with van der Waals surface area (Å²) in [6.45, 7) is 2.00. The summed E-state index contributed by atoms with van der Waals surface area (Å²) in [4.78, 5) is 0. The van der Waals surface area contributed by atoms with Crippen LogP contribution in [-0.4, -0.2) is 0 Å². The van der Waals surface area contributed by atoms with Crippen molar-refractivity contribution in [2.45, 2.75) is 14.4 Å². The van der Waals surface area contributed by atoms with Crippen molar-refractivity contribution in [3.05, 3.63) is 71.5 Å². The summed E-state index contributed by atoms with van der Waals surface area (Å²) in [5, 5.41) is 2.02. The largest absolute Gasteiger partial charge is 0.204 e. The Morgan fingerprint density at radius 2 is 1.24 bits per heavy atom. The molecule has 0 aliphatic heterocycles. The summed E-state index contributed by atoms with van der Waals surface area (Å²) in [6, 6.07) is 13.5. The first-order valence-electron chi connectivity index (χ1n) is 6.20. The topological polar surface area (TPSA) is 0 Å². The lowest BCUT2D eigenvalue weighted by Crippen LogP contribution is -1.91.